The monoisotopic (exact) mass is 379 g/mol. The number of aromatic amines is 1. The van der Waals surface area contributed by atoms with Gasteiger partial charge in [-0.05, 0) is 18.1 Å². The highest BCUT2D eigenvalue weighted by atomic mass is 16.5. The predicted molar refractivity (Wildman–Crippen MR) is 104 cm³/mol. The number of aromatic nitrogens is 1. The van der Waals surface area contributed by atoms with Gasteiger partial charge in [0.2, 0.25) is 6.10 Å². The first-order valence-electron chi connectivity index (χ1n) is 8.90. The fourth-order valence-corrected chi connectivity index (χ4v) is 2.91. The third-order valence-electron chi connectivity index (χ3n) is 4.33. The zero-order valence-corrected chi connectivity index (χ0v) is 15.4. The van der Waals surface area contributed by atoms with E-state index in [4.69, 9.17) is 4.74 Å². The summed E-state index contributed by atoms with van der Waals surface area (Å²) in [6.07, 6.45) is 1.25. The summed E-state index contributed by atoms with van der Waals surface area (Å²) in [6.45, 7) is 0. The van der Waals surface area contributed by atoms with Gasteiger partial charge in [0.05, 0.1) is 0 Å². The summed E-state index contributed by atoms with van der Waals surface area (Å²) >= 11 is 0. The number of nitrogens with one attached hydrogen (secondary N) is 3. The highest BCUT2D eigenvalue weighted by Gasteiger charge is 2.26. The first-order valence-corrected chi connectivity index (χ1v) is 8.90. The minimum absolute atomic E-state index is 0.110. The molecular weight excluding hydrogens is 358 g/mol. The third-order valence-corrected chi connectivity index (χ3v) is 4.33. The van der Waals surface area contributed by atoms with E-state index in [0.29, 0.717) is 12.0 Å². The first kappa shape index (κ1) is 19.2. The fourth-order valence-electron chi connectivity index (χ4n) is 2.91. The van der Waals surface area contributed by atoms with Crippen LogP contribution in [-0.4, -0.2) is 29.9 Å². The lowest BCUT2D eigenvalue weighted by molar-refractivity contribution is -0.156. The van der Waals surface area contributed by atoms with Crippen molar-refractivity contribution < 1.29 is 19.1 Å². The van der Waals surface area contributed by atoms with Gasteiger partial charge in [0.25, 0.3) is 5.91 Å². The predicted octanol–water partition coefficient (Wildman–Crippen LogP) is 2.84. The number of imide groups is 1. The van der Waals surface area contributed by atoms with Crippen LogP contribution in [0.15, 0.2) is 60.8 Å². The van der Waals surface area contributed by atoms with E-state index in [1.807, 2.05) is 30.5 Å². The van der Waals surface area contributed by atoms with Crippen LogP contribution in [0, 0.1) is 0 Å². The lowest BCUT2D eigenvalue weighted by Crippen LogP contribution is -2.41. The summed E-state index contributed by atoms with van der Waals surface area (Å²) in [7, 11) is 1.40. The molecule has 0 aliphatic carbocycles. The molecule has 0 aliphatic heterocycles. The molecule has 0 aliphatic rings. The van der Waals surface area contributed by atoms with E-state index in [-0.39, 0.29) is 6.42 Å². The molecule has 7 heteroatoms. The van der Waals surface area contributed by atoms with Crippen LogP contribution in [0.5, 0.6) is 0 Å². The highest BCUT2D eigenvalue weighted by molar-refractivity contribution is 5.97. The lowest BCUT2D eigenvalue weighted by Gasteiger charge is -2.17. The lowest BCUT2D eigenvalue weighted by atomic mass is 10.1. The molecule has 1 heterocycles. The molecule has 2 aromatic carbocycles. The van der Waals surface area contributed by atoms with Crippen molar-refractivity contribution in [3.05, 3.63) is 71.9 Å². The molecule has 3 rings (SSSR count). The van der Waals surface area contributed by atoms with E-state index in [1.54, 1.807) is 30.3 Å². The molecular formula is C21H21N3O4. The van der Waals surface area contributed by atoms with E-state index >= 15 is 0 Å². The number of benzene rings is 2. The summed E-state index contributed by atoms with van der Waals surface area (Å²) in [5.74, 6) is -1.22. The van der Waals surface area contributed by atoms with E-state index in [2.05, 4.69) is 15.6 Å². The van der Waals surface area contributed by atoms with Crippen molar-refractivity contribution in [1.82, 2.24) is 15.6 Å². The second-order valence-electron chi connectivity index (χ2n) is 6.21. The Morgan fingerprint density at radius 3 is 2.50 bits per heavy atom. The van der Waals surface area contributed by atoms with Crippen molar-refractivity contribution in [1.29, 1.82) is 0 Å². The number of hydrogen-bond donors (Lipinski definition) is 3. The van der Waals surface area contributed by atoms with Gasteiger partial charge in [-0.25, -0.2) is 4.79 Å². The zero-order chi connectivity index (χ0) is 19.9. The van der Waals surface area contributed by atoms with Crippen molar-refractivity contribution >= 4 is 28.8 Å². The van der Waals surface area contributed by atoms with Gasteiger partial charge < -0.3 is 15.0 Å². The molecule has 7 nitrogen and oxygen atoms in total. The topological polar surface area (TPSA) is 100 Å². The van der Waals surface area contributed by atoms with Crippen LogP contribution in [0.1, 0.15) is 23.7 Å². The van der Waals surface area contributed by atoms with Crippen LogP contribution in [-0.2, 0) is 20.7 Å². The van der Waals surface area contributed by atoms with Gasteiger partial charge in [-0.3, -0.25) is 14.9 Å². The fraction of sp³-hybridized carbons (Fsp3) is 0.190. The van der Waals surface area contributed by atoms with Crippen LogP contribution < -0.4 is 10.6 Å². The van der Waals surface area contributed by atoms with Crippen LogP contribution in [0.2, 0.25) is 0 Å². The molecule has 28 heavy (non-hydrogen) atoms. The maximum Gasteiger partial charge on any atom is 0.321 e. The number of rotatable bonds is 6. The number of ether oxygens (including phenoxy) is 1. The van der Waals surface area contributed by atoms with E-state index in [9.17, 15) is 14.4 Å². The van der Waals surface area contributed by atoms with E-state index in [0.717, 1.165) is 16.5 Å². The Labute approximate surface area is 162 Å². The molecule has 3 N–H and O–H groups in total. The van der Waals surface area contributed by atoms with Crippen molar-refractivity contribution in [3.63, 3.8) is 0 Å². The molecule has 0 fully saturated rings. The van der Waals surface area contributed by atoms with Crippen LogP contribution in [0.4, 0.5) is 4.79 Å². The Bertz CT molecular complexity index is 981. The number of fused-ring (bicyclic) bond motifs is 1. The SMILES string of the molecule is CNC(=O)NC(=O)[C@@H](OC(=O)CCc1c[nH]c2ccccc12)c1ccccc1. The van der Waals surface area contributed by atoms with Gasteiger partial charge >= 0.3 is 12.0 Å². The number of carbonyl (C=O) groups is 3. The molecule has 0 spiro atoms. The van der Waals surface area contributed by atoms with Crippen LogP contribution >= 0.6 is 0 Å². The number of H-pyrrole nitrogens is 1. The van der Waals surface area contributed by atoms with E-state index < -0.39 is 24.0 Å². The second-order valence-corrected chi connectivity index (χ2v) is 6.21. The summed E-state index contributed by atoms with van der Waals surface area (Å²) in [5.41, 5.74) is 2.49. The van der Waals surface area contributed by atoms with Crippen molar-refractivity contribution in [3.8, 4) is 0 Å². The quantitative estimate of drug-likeness (QED) is 0.573. The number of aryl methyl sites for hydroxylation is 1. The number of urea groups is 1. The molecule has 3 aromatic rings. The normalized spacial score (nSPS) is 11.6. The number of esters is 1. The average molecular weight is 379 g/mol. The largest absolute Gasteiger partial charge is 0.447 e. The summed E-state index contributed by atoms with van der Waals surface area (Å²) in [4.78, 5) is 39.4. The molecule has 0 radical (unpaired) electrons. The molecule has 0 bridgehead atoms. The van der Waals surface area contributed by atoms with Crippen molar-refractivity contribution in [2.45, 2.75) is 18.9 Å². The van der Waals surface area contributed by atoms with Crippen molar-refractivity contribution in [2.75, 3.05) is 7.05 Å². The van der Waals surface area contributed by atoms with Crippen molar-refractivity contribution in [2.24, 2.45) is 0 Å². The molecule has 3 amide bonds. The van der Waals surface area contributed by atoms with Gasteiger partial charge in [0.1, 0.15) is 0 Å². The molecule has 0 saturated carbocycles. The smallest absolute Gasteiger partial charge is 0.321 e. The Kier molecular flexibility index (Phi) is 6.06. The highest BCUT2D eigenvalue weighted by Crippen LogP contribution is 2.21. The van der Waals surface area contributed by atoms with Crippen LogP contribution in [0.25, 0.3) is 10.9 Å². The first-order chi connectivity index (χ1) is 13.6. The Morgan fingerprint density at radius 2 is 1.75 bits per heavy atom. The molecule has 144 valence electrons. The van der Waals surface area contributed by atoms with E-state index in [1.165, 1.54) is 7.05 Å². The Morgan fingerprint density at radius 1 is 1.04 bits per heavy atom. The molecule has 1 atom stereocenters. The van der Waals surface area contributed by atoms with Gasteiger partial charge in [-0.2, -0.15) is 0 Å². The Hall–Kier alpha value is -3.61. The van der Waals surface area contributed by atoms with Gasteiger partial charge in [-0.15, -0.1) is 0 Å². The summed E-state index contributed by atoms with van der Waals surface area (Å²) in [6, 6.07) is 15.7. The number of para-hydroxylation sites is 1. The van der Waals surface area contributed by atoms with Gasteiger partial charge in [0.15, 0.2) is 0 Å². The number of amides is 3. The van der Waals surface area contributed by atoms with Gasteiger partial charge in [0, 0.05) is 36.1 Å². The zero-order valence-electron chi connectivity index (χ0n) is 15.4. The van der Waals surface area contributed by atoms with Gasteiger partial charge in [-0.1, -0.05) is 48.5 Å². The number of hydrogen-bond acceptors (Lipinski definition) is 4. The molecule has 0 saturated heterocycles. The Balaban J connectivity index is 1.68. The summed E-state index contributed by atoms with van der Waals surface area (Å²) < 4.78 is 5.41. The minimum Gasteiger partial charge on any atom is -0.447 e. The summed E-state index contributed by atoms with van der Waals surface area (Å²) in [5, 5.41) is 5.51. The second kappa shape index (κ2) is 8.85. The average Bonchev–Trinajstić information content (AvgIpc) is 3.14. The maximum absolute atomic E-state index is 12.4. The molecule has 0 unspecified atom stereocenters. The standard InChI is InChI=1S/C21H21N3O4/c1-22-21(27)24-20(26)19(14-7-3-2-4-8-14)28-18(25)12-11-15-13-23-17-10-6-5-9-16(15)17/h2-10,13,19,23H,11-12H2,1H3,(H2,22,24,26,27)/t19-/m0/s1. The minimum atomic E-state index is -1.20. The third kappa shape index (κ3) is 4.56. The van der Waals surface area contributed by atoms with Crippen LogP contribution in [0.3, 0.4) is 0 Å². The number of carbonyl (C=O) groups excluding carboxylic acids is 3. The molecule has 1 aromatic heterocycles. The maximum atomic E-state index is 12.4.